The lowest BCUT2D eigenvalue weighted by Crippen LogP contribution is -1.93. The second-order valence-electron chi connectivity index (χ2n) is 13.2. The van der Waals surface area contributed by atoms with Crippen molar-refractivity contribution in [2.24, 2.45) is 5.92 Å². The van der Waals surface area contributed by atoms with E-state index in [9.17, 15) is 0 Å². The zero-order valence-corrected chi connectivity index (χ0v) is 27.1. The summed E-state index contributed by atoms with van der Waals surface area (Å²) in [5.41, 5.74) is 3.67. The molecule has 0 aliphatic carbocycles. The second-order valence-corrected chi connectivity index (χ2v) is 13.2. The summed E-state index contributed by atoms with van der Waals surface area (Å²) in [6.07, 6.45) is 7.55. The van der Waals surface area contributed by atoms with Crippen molar-refractivity contribution in [3.63, 3.8) is 0 Å². The number of hydrogen-bond acceptors (Lipinski definition) is 2. The van der Waals surface area contributed by atoms with Crippen LogP contribution in [0.25, 0.3) is 97.4 Å². The maximum atomic E-state index is 5.50. The standard InChI is InChI=1S/C45H31N.CH3N/c1-26(2)11-7-16-32-36-24-37-35(31-18-10-17-30-29-15-4-3-12-28(29)23-38(37)42(30)31)25-39(36)44(40-21-5-6-22-46-40)45-34-20-9-14-27-13-8-19-33(41(27)34)43(32)45;1-2/h3-15,17-26H,16H2,1-2H3;2H,1H2/b11-7-;. The van der Waals surface area contributed by atoms with E-state index in [4.69, 9.17) is 10.4 Å². The molecule has 0 amide bonds. The van der Waals surface area contributed by atoms with Crippen molar-refractivity contribution in [1.29, 1.82) is 5.41 Å². The van der Waals surface area contributed by atoms with E-state index < -0.39 is 0 Å². The minimum absolute atomic E-state index is 0.498. The summed E-state index contributed by atoms with van der Waals surface area (Å²) < 4.78 is 0. The lowest BCUT2D eigenvalue weighted by molar-refractivity contribution is 0.827. The topological polar surface area (TPSA) is 36.7 Å². The van der Waals surface area contributed by atoms with Crippen LogP contribution >= 0.6 is 0 Å². The number of allylic oxidation sites excluding steroid dienone is 2. The minimum atomic E-state index is 0.498. The molecule has 10 aromatic rings. The van der Waals surface area contributed by atoms with E-state index in [1.807, 2.05) is 12.3 Å². The fourth-order valence-electron chi connectivity index (χ4n) is 8.42. The highest BCUT2D eigenvalue weighted by atomic mass is 14.7. The quantitative estimate of drug-likeness (QED) is 0.119. The van der Waals surface area contributed by atoms with Crippen LogP contribution in [-0.2, 0) is 6.42 Å². The van der Waals surface area contributed by atoms with Gasteiger partial charge in [0.1, 0.15) is 0 Å². The average molecular weight is 615 g/mol. The van der Waals surface area contributed by atoms with Crippen LogP contribution in [0.1, 0.15) is 19.4 Å². The Morgan fingerprint density at radius 2 is 1.17 bits per heavy atom. The molecule has 10 rings (SSSR count). The molecule has 0 fully saturated rings. The molecule has 0 saturated heterocycles. The zero-order chi connectivity index (χ0) is 32.5. The van der Waals surface area contributed by atoms with E-state index in [-0.39, 0.29) is 0 Å². The van der Waals surface area contributed by atoms with E-state index in [0.717, 1.165) is 12.1 Å². The third kappa shape index (κ3) is 3.93. The number of rotatable bonds is 4. The van der Waals surface area contributed by atoms with Gasteiger partial charge in [-0.15, -0.1) is 0 Å². The van der Waals surface area contributed by atoms with Gasteiger partial charge in [0.05, 0.1) is 5.69 Å². The molecule has 1 N–H and O–H groups in total. The Bertz CT molecular complexity index is 2860. The molecule has 9 aromatic carbocycles. The number of nitrogens with zero attached hydrogens (tertiary/aromatic N) is 1. The van der Waals surface area contributed by atoms with Crippen LogP contribution in [0, 0.1) is 11.3 Å². The highest BCUT2D eigenvalue weighted by molar-refractivity contribution is 6.40. The molecule has 0 saturated carbocycles. The number of benzene rings is 7. The Morgan fingerprint density at radius 3 is 1.94 bits per heavy atom. The maximum absolute atomic E-state index is 5.50. The summed E-state index contributed by atoms with van der Waals surface area (Å²) in [4.78, 5) is 5.01. The maximum Gasteiger partial charge on any atom is 0.0714 e. The molecule has 0 unspecified atom stereocenters. The summed E-state index contributed by atoms with van der Waals surface area (Å²) >= 11 is 0. The molecular weight excluding hydrogens is 581 g/mol. The SMILES string of the molecule is C=N.CC(C)/C=C\Cc1c2cc3c(cc2c(-c2ccccn2)c2c4cccc5cccc(c12)c54)c1cccc2c4ccccc4cc3c21. The first-order chi connectivity index (χ1) is 23.7. The summed E-state index contributed by atoms with van der Waals surface area (Å²) in [7, 11) is 0. The Kier molecular flexibility index (Phi) is 6.42. The molecule has 228 valence electrons. The van der Waals surface area contributed by atoms with Crippen LogP contribution in [0.2, 0.25) is 0 Å². The normalized spacial score (nSPS) is 12.3. The van der Waals surface area contributed by atoms with Crippen LogP contribution in [0.4, 0.5) is 0 Å². The lowest BCUT2D eigenvalue weighted by Gasteiger charge is -2.16. The molecule has 0 radical (unpaired) electrons. The average Bonchev–Trinajstić information content (AvgIpc) is 3.63. The van der Waals surface area contributed by atoms with Crippen molar-refractivity contribution in [2.45, 2.75) is 20.3 Å². The lowest BCUT2D eigenvalue weighted by atomic mass is 9.88. The summed E-state index contributed by atoms with van der Waals surface area (Å²) in [5, 5.41) is 26.7. The van der Waals surface area contributed by atoms with E-state index in [0.29, 0.717) is 5.92 Å². The predicted molar refractivity (Wildman–Crippen MR) is 210 cm³/mol. The summed E-state index contributed by atoms with van der Waals surface area (Å²) in [6, 6.07) is 43.0. The highest BCUT2D eigenvalue weighted by Gasteiger charge is 2.24. The molecule has 1 heterocycles. The molecule has 0 aliphatic rings. The van der Waals surface area contributed by atoms with Gasteiger partial charge in [-0.25, -0.2) is 0 Å². The van der Waals surface area contributed by atoms with Gasteiger partial charge in [0.25, 0.3) is 0 Å². The van der Waals surface area contributed by atoms with Crippen LogP contribution in [0.5, 0.6) is 0 Å². The Balaban J connectivity index is 0.00000154. The molecule has 2 nitrogen and oxygen atoms in total. The van der Waals surface area contributed by atoms with Gasteiger partial charge in [0, 0.05) is 17.1 Å². The Morgan fingerprint density at radius 1 is 0.542 bits per heavy atom. The van der Waals surface area contributed by atoms with Crippen molar-refractivity contribution < 1.29 is 0 Å². The fraction of sp³-hybridized carbons (Fsp3) is 0.0870. The molecule has 2 heteroatoms. The third-order valence-corrected chi connectivity index (χ3v) is 10.2. The number of pyridine rings is 1. The van der Waals surface area contributed by atoms with Crippen molar-refractivity contribution in [3.8, 4) is 11.3 Å². The number of aromatic nitrogens is 1. The molecular formula is C46H34N2. The van der Waals surface area contributed by atoms with Crippen LogP contribution in [0.15, 0.2) is 134 Å². The Labute approximate surface area is 279 Å². The molecule has 1 aromatic heterocycles. The minimum Gasteiger partial charge on any atom is -0.317 e. The van der Waals surface area contributed by atoms with E-state index in [1.54, 1.807) is 0 Å². The van der Waals surface area contributed by atoms with Gasteiger partial charge in [0.2, 0.25) is 0 Å². The van der Waals surface area contributed by atoms with Gasteiger partial charge in [-0.3, -0.25) is 4.98 Å². The highest BCUT2D eigenvalue weighted by Crippen LogP contribution is 2.50. The second kappa shape index (κ2) is 10.9. The van der Waals surface area contributed by atoms with Crippen LogP contribution < -0.4 is 0 Å². The van der Waals surface area contributed by atoms with E-state index in [2.05, 4.69) is 142 Å². The van der Waals surface area contributed by atoms with Crippen molar-refractivity contribution in [2.75, 3.05) is 0 Å². The summed E-state index contributed by atoms with van der Waals surface area (Å²) in [6.45, 7) is 7.02. The molecule has 0 atom stereocenters. The van der Waals surface area contributed by atoms with E-state index >= 15 is 0 Å². The fourth-order valence-corrected chi connectivity index (χ4v) is 8.42. The monoisotopic (exact) mass is 614 g/mol. The summed E-state index contributed by atoms with van der Waals surface area (Å²) in [5.74, 6) is 0.498. The molecule has 0 aliphatic heterocycles. The number of hydrogen-bond donors (Lipinski definition) is 1. The largest absolute Gasteiger partial charge is 0.317 e. The van der Waals surface area contributed by atoms with E-state index in [1.165, 1.54) is 97.3 Å². The van der Waals surface area contributed by atoms with Gasteiger partial charge in [-0.2, -0.15) is 0 Å². The Hall–Kier alpha value is -5.86. The zero-order valence-electron chi connectivity index (χ0n) is 27.1. The first kappa shape index (κ1) is 28.4. The molecule has 0 spiro atoms. The first-order valence-electron chi connectivity index (χ1n) is 16.7. The molecule has 48 heavy (non-hydrogen) atoms. The smallest absolute Gasteiger partial charge is 0.0714 e. The molecule has 0 bridgehead atoms. The third-order valence-electron chi connectivity index (χ3n) is 10.2. The van der Waals surface area contributed by atoms with Gasteiger partial charge in [-0.1, -0.05) is 111 Å². The number of fused-ring (bicyclic) bond motifs is 9. The van der Waals surface area contributed by atoms with Gasteiger partial charge >= 0.3 is 0 Å². The van der Waals surface area contributed by atoms with Crippen LogP contribution in [0.3, 0.4) is 0 Å². The van der Waals surface area contributed by atoms with Crippen molar-refractivity contribution in [1.82, 2.24) is 4.98 Å². The van der Waals surface area contributed by atoms with Crippen molar-refractivity contribution >= 4 is 92.9 Å². The van der Waals surface area contributed by atoms with Crippen LogP contribution in [-0.4, -0.2) is 11.7 Å². The van der Waals surface area contributed by atoms with Gasteiger partial charge in [0.15, 0.2) is 0 Å². The van der Waals surface area contributed by atoms with Gasteiger partial charge in [-0.05, 0) is 136 Å². The van der Waals surface area contributed by atoms with Crippen molar-refractivity contribution in [3.05, 3.63) is 139 Å². The number of nitrogens with one attached hydrogen (secondary N) is 1. The first-order valence-corrected chi connectivity index (χ1v) is 16.7. The van der Waals surface area contributed by atoms with Gasteiger partial charge < -0.3 is 5.41 Å². The predicted octanol–water partition coefficient (Wildman–Crippen LogP) is 12.9.